The Morgan fingerprint density at radius 1 is 1.24 bits per heavy atom. The summed E-state index contributed by atoms with van der Waals surface area (Å²) in [5.74, 6) is 0. The maximum atomic E-state index is 4.80. The molecule has 2 aromatic heterocycles. The van der Waals surface area contributed by atoms with E-state index >= 15 is 0 Å². The number of nitrogens with zero attached hydrogens (tertiary/aromatic N) is 2. The van der Waals surface area contributed by atoms with Gasteiger partial charge in [-0.25, -0.2) is 0 Å². The Morgan fingerprint density at radius 3 is 2.81 bits per heavy atom. The second-order valence-corrected chi connectivity index (χ2v) is 6.09. The number of thiophene rings is 1. The summed E-state index contributed by atoms with van der Waals surface area (Å²) < 4.78 is 2.10. The van der Waals surface area contributed by atoms with Crippen molar-refractivity contribution in [3.05, 3.63) is 52.3 Å². The van der Waals surface area contributed by atoms with Gasteiger partial charge in [0.15, 0.2) is 0 Å². The normalized spacial score (nSPS) is 12.9. The monoisotopic (exact) mass is 299 g/mol. The van der Waals surface area contributed by atoms with E-state index < -0.39 is 0 Å². The first-order valence-corrected chi connectivity index (χ1v) is 8.39. The second kappa shape index (κ2) is 6.41. The van der Waals surface area contributed by atoms with Crippen molar-refractivity contribution >= 4 is 22.2 Å². The molecular weight excluding hydrogens is 278 g/mol. The molecule has 21 heavy (non-hydrogen) atoms. The largest absolute Gasteiger partial charge is 0.316 e. The smallest absolute Gasteiger partial charge is 0.0718 e. The standard InChI is InChI=1S/C17H21N3S/c1-3-20-17-7-5-4-6-15(17)16(19-20)11-14(18-2)10-13-8-9-21-12-13/h4-9,12,14,18H,3,10-11H2,1-2H3. The molecule has 0 amide bonds. The Labute approximate surface area is 129 Å². The van der Waals surface area contributed by atoms with Crippen molar-refractivity contribution in [2.75, 3.05) is 7.05 Å². The number of nitrogens with one attached hydrogen (secondary N) is 1. The van der Waals surface area contributed by atoms with Crippen molar-refractivity contribution in [1.29, 1.82) is 0 Å². The Balaban J connectivity index is 1.86. The number of rotatable bonds is 6. The lowest BCUT2D eigenvalue weighted by Crippen LogP contribution is -2.30. The zero-order chi connectivity index (χ0) is 14.7. The minimum atomic E-state index is 0.420. The van der Waals surface area contributed by atoms with Gasteiger partial charge in [-0.3, -0.25) is 4.68 Å². The fourth-order valence-electron chi connectivity index (χ4n) is 2.79. The van der Waals surface area contributed by atoms with E-state index in [1.54, 1.807) is 11.3 Å². The molecule has 0 saturated heterocycles. The highest BCUT2D eigenvalue weighted by atomic mass is 32.1. The number of para-hydroxylation sites is 1. The number of hydrogen-bond acceptors (Lipinski definition) is 3. The van der Waals surface area contributed by atoms with Gasteiger partial charge in [-0.1, -0.05) is 18.2 Å². The van der Waals surface area contributed by atoms with Crippen molar-refractivity contribution in [3.8, 4) is 0 Å². The van der Waals surface area contributed by atoms with Gasteiger partial charge in [0.25, 0.3) is 0 Å². The molecule has 0 aliphatic rings. The highest BCUT2D eigenvalue weighted by molar-refractivity contribution is 7.07. The van der Waals surface area contributed by atoms with E-state index in [9.17, 15) is 0 Å². The Kier molecular flexibility index (Phi) is 4.36. The lowest BCUT2D eigenvalue weighted by Gasteiger charge is -2.14. The zero-order valence-electron chi connectivity index (χ0n) is 12.5. The van der Waals surface area contributed by atoms with Crippen LogP contribution in [0.5, 0.6) is 0 Å². The maximum absolute atomic E-state index is 4.80. The molecule has 0 aliphatic carbocycles. The first-order valence-electron chi connectivity index (χ1n) is 7.44. The van der Waals surface area contributed by atoms with Gasteiger partial charge in [0.1, 0.15) is 0 Å². The van der Waals surface area contributed by atoms with Crippen LogP contribution in [0.4, 0.5) is 0 Å². The average molecular weight is 299 g/mol. The minimum Gasteiger partial charge on any atom is -0.316 e. The van der Waals surface area contributed by atoms with E-state index in [0.717, 1.165) is 19.4 Å². The van der Waals surface area contributed by atoms with Crippen molar-refractivity contribution < 1.29 is 0 Å². The molecule has 4 heteroatoms. The van der Waals surface area contributed by atoms with E-state index in [4.69, 9.17) is 5.10 Å². The molecule has 0 saturated carbocycles. The van der Waals surface area contributed by atoms with E-state index in [1.807, 2.05) is 7.05 Å². The summed E-state index contributed by atoms with van der Waals surface area (Å²) in [4.78, 5) is 0. The number of aryl methyl sites for hydroxylation is 1. The Morgan fingerprint density at radius 2 is 2.10 bits per heavy atom. The molecular formula is C17H21N3S. The van der Waals surface area contributed by atoms with Crippen LogP contribution in [-0.2, 0) is 19.4 Å². The molecule has 3 aromatic rings. The predicted octanol–water partition coefficient (Wildman–Crippen LogP) is 3.49. The van der Waals surface area contributed by atoms with Gasteiger partial charge in [-0.15, -0.1) is 0 Å². The number of hydrogen-bond donors (Lipinski definition) is 1. The molecule has 3 nitrogen and oxygen atoms in total. The number of likely N-dealkylation sites (N-methyl/N-ethyl adjacent to an activating group) is 1. The SMILES string of the molecule is CCn1nc(CC(Cc2ccsc2)NC)c2ccccc21. The lowest BCUT2D eigenvalue weighted by atomic mass is 10.0. The summed E-state index contributed by atoms with van der Waals surface area (Å²) in [5.41, 5.74) is 3.83. The summed E-state index contributed by atoms with van der Waals surface area (Å²) >= 11 is 1.76. The van der Waals surface area contributed by atoms with E-state index in [-0.39, 0.29) is 0 Å². The fraction of sp³-hybridized carbons (Fsp3) is 0.353. The van der Waals surface area contributed by atoms with Crippen LogP contribution >= 0.6 is 11.3 Å². The third-order valence-electron chi connectivity index (χ3n) is 3.94. The predicted molar refractivity (Wildman–Crippen MR) is 90.0 cm³/mol. The molecule has 0 spiro atoms. The summed E-state index contributed by atoms with van der Waals surface area (Å²) in [7, 11) is 2.04. The quantitative estimate of drug-likeness (QED) is 0.755. The molecule has 0 fully saturated rings. The van der Waals surface area contributed by atoms with Crippen LogP contribution in [0.2, 0.25) is 0 Å². The Hall–Kier alpha value is -1.65. The van der Waals surface area contributed by atoms with Crippen LogP contribution in [-0.4, -0.2) is 22.9 Å². The zero-order valence-corrected chi connectivity index (χ0v) is 13.4. The molecule has 1 N–H and O–H groups in total. The van der Waals surface area contributed by atoms with Gasteiger partial charge in [-0.05, 0) is 48.8 Å². The number of aromatic nitrogens is 2. The Bertz CT molecular complexity index is 700. The molecule has 0 aliphatic heterocycles. The maximum Gasteiger partial charge on any atom is 0.0718 e. The topological polar surface area (TPSA) is 29.9 Å². The third-order valence-corrected chi connectivity index (χ3v) is 4.68. The third kappa shape index (κ3) is 3.01. The van der Waals surface area contributed by atoms with Gasteiger partial charge in [0.05, 0.1) is 11.2 Å². The van der Waals surface area contributed by atoms with Gasteiger partial charge in [-0.2, -0.15) is 16.4 Å². The van der Waals surface area contributed by atoms with Gasteiger partial charge in [0, 0.05) is 24.4 Å². The van der Waals surface area contributed by atoms with Crippen LogP contribution in [0.1, 0.15) is 18.2 Å². The highest BCUT2D eigenvalue weighted by Crippen LogP contribution is 2.20. The van der Waals surface area contributed by atoms with Gasteiger partial charge >= 0.3 is 0 Å². The molecule has 1 unspecified atom stereocenters. The molecule has 2 heterocycles. The van der Waals surface area contributed by atoms with Crippen LogP contribution < -0.4 is 5.32 Å². The van der Waals surface area contributed by atoms with Crippen molar-refractivity contribution in [1.82, 2.24) is 15.1 Å². The van der Waals surface area contributed by atoms with E-state index in [0.29, 0.717) is 6.04 Å². The molecule has 3 rings (SSSR count). The highest BCUT2D eigenvalue weighted by Gasteiger charge is 2.15. The number of fused-ring (bicyclic) bond motifs is 1. The average Bonchev–Trinajstić information content (AvgIpc) is 3.14. The molecule has 110 valence electrons. The first-order chi connectivity index (χ1) is 10.3. The van der Waals surface area contributed by atoms with E-state index in [2.05, 4.69) is 58.0 Å². The van der Waals surface area contributed by atoms with Crippen LogP contribution in [0.3, 0.4) is 0 Å². The summed E-state index contributed by atoms with van der Waals surface area (Å²) in [5, 5.41) is 13.9. The summed E-state index contributed by atoms with van der Waals surface area (Å²) in [6.07, 6.45) is 2.01. The van der Waals surface area contributed by atoms with Crippen LogP contribution in [0.15, 0.2) is 41.1 Å². The second-order valence-electron chi connectivity index (χ2n) is 5.31. The molecule has 0 radical (unpaired) electrons. The first kappa shape index (κ1) is 14.3. The van der Waals surface area contributed by atoms with E-state index in [1.165, 1.54) is 22.2 Å². The minimum absolute atomic E-state index is 0.420. The van der Waals surface area contributed by atoms with Crippen LogP contribution in [0, 0.1) is 0 Å². The van der Waals surface area contributed by atoms with Crippen molar-refractivity contribution in [2.24, 2.45) is 0 Å². The lowest BCUT2D eigenvalue weighted by molar-refractivity contribution is 0.544. The molecule has 0 bridgehead atoms. The van der Waals surface area contributed by atoms with Gasteiger partial charge < -0.3 is 5.32 Å². The van der Waals surface area contributed by atoms with Crippen molar-refractivity contribution in [3.63, 3.8) is 0 Å². The van der Waals surface area contributed by atoms with Crippen molar-refractivity contribution in [2.45, 2.75) is 32.4 Å². The molecule has 1 aromatic carbocycles. The number of benzene rings is 1. The van der Waals surface area contributed by atoms with Gasteiger partial charge in [0.2, 0.25) is 0 Å². The molecule has 1 atom stereocenters. The summed E-state index contributed by atoms with van der Waals surface area (Å²) in [6, 6.07) is 11.1. The summed E-state index contributed by atoms with van der Waals surface area (Å²) in [6.45, 7) is 3.05. The van der Waals surface area contributed by atoms with Crippen LogP contribution in [0.25, 0.3) is 10.9 Å². The fourth-order valence-corrected chi connectivity index (χ4v) is 3.47.